The molecule has 1 N–H and O–H groups in total. The minimum atomic E-state index is -3.85. The van der Waals surface area contributed by atoms with Crippen molar-refractivity contribution >= 4 is 25.6 Å². The number of rotatable bonds is 7. The SMILES string of the molecule is CCc1ccc(C(=O)NCC(CC)CC)cc1S(=O)(=O)Cl. The van der Waals surface area contributed by atoms with E-state index in [0.29, 0.717) is 30.0 Å². The summed E-state index contributed by atoms with van der Waals surface area (Å²) < 4.78 is 23.2. The standard InChI is InChI=1S/C15H22ClNO3S/c1-4-11(5-2)10-17-15(18)13-8-7-12(6-3)14(9-13)21(16,19)20/h7-9,11H,4-6,10H2,1-3H3,(H,17,18). The van der Waals surface area contributed by atoms with Crippen molar-refractivity contribution in [3.8, 4) is 0 Å². The first-order valence-corrected chi connectivity index (χ1v) is 9.50. The van der Waals surface area contributed by atoms with Crippen LogP contribution in [0.3, 0.4) is 0 Å². The summed E-state index contributed by atoms with van der Waals surface area (Å²) in [6, 6.07) is 4.62. The molecule has 6 heteroatoms. The second kappa shape index (κ2) is 7.80. The highest BCUT2D eigenvalue weighted by Crippen LogP contribution is 2.22. The van der Waals surface area contributed by atoms with Gasteiger partial charge in [-0.25, -0.2) is 8.42 Å². The summed E-state index contributed by atoms with van der Waals surface area (Å²) in [6.07, 6.45) is 2.52. The van der Waals surface area contributed by atoms with E-state index in [4.69, 9.17) is 10.7 Å². The van der Waals surface area contributed by atoms with Gasteiger partial charge in [-0.2, -0.15) is 0 Å². The van der Waals surface area contributed by atoms with Crippen molar-refractivity contribution in [1.29, 1.82) is 0 Å². The predicted octanol–water partition coefficient (Wildman–Crippen LogP) is 3.34. The van der Waals surface area contributed by atoms with Crippen LogP contribution in [0.2, 0.25) is 0 Å². The maximum absolute atomic E-state index is 12.1. The van der Waals surface area contributed by atoms with E-state index in [1.54, 1.807) is 12.1 Å². The third-order valence-corrected chi connectivity index (χ3v) is 5.08. The Morgan fingerprint density at radius 2 is 1.86 bits per heavy atom. The van der Waals surface area contributed by atoms with Gasteiger partial charge in [-0.3, -0.25) is 4.79 Å². The van der Waals surface area contributed by atoms with E-state index in [9.17, 15) is 13.2 Å². The first kappa shape index (κ1) is 18.0. The molecule has 1 amide bonds. The summed E-state index contributed by atoms with van der Waals surface area (Å²) >= 11 is 0. The van der Waals surface area contributed by atoms with Crippen LogP contribution >= 0.6 is 10.7 Å². The van der Waals surface area contributed by atoms with Crippen molar-refractivity contribution in [2.24, 2.45) is 5.92 Å². The molecule has 118 valence electrons. The van der Waals surface area contributed by atoms with Crippen LogP contribution in [0, 0.1) is 5.92 Å². The summed E-state index contributed by atoms with van der Waals surface area (Å²) in [4.78, 5) is 12.1. The summed E-state index contributed by atoms with van der Waals surface area (Å²) in [5.41, 5.74) is 0.930. The number of nitrogens with one attached hydrogen (secondary N) is 1. The van der Waals surface area contributed by atoms with Crippen LogP contribution in [0.25, 0.3) is 0 Å². The molecule has 0 saturated heterocycles. The number of benzene rings is 1. The predicted molar refractivity (Wildman–Crippen MR) is 85.3 cm³/mol. The topological polar surface area (TPSA) is 63.2 Å². The monoisotopic (exact) mass is 331 g/mol. The molecular weight excluding hydrogens is 310 g/mol. The highest BCUT2D eigenvalue weighted by atomic mass is 35.7. The van der Waals surface area contributed by atoms with Gasteiger partial charge in [0.05, 0.1) is 4.90 Å². The Hall–Kier alpha value is -1.07. The third kappa shape index (κ3) is 5.00. The molecular formula is C15H22ClNO3S. The fourth-order valence-corrected chi connectivity index (χ4v) is 3.36. The molecule has 1 aromatic carbocycles. The van der Waals surface area contributed by atoms with Crippen LogP contribution < -0.4 is 5.32 Å². The molecule has 0 spiro atoms. The van der Waals surface area contributed by atoms with Gasteiger partial charge in [0.2, 0.25) is 0 Å². The Balaban J connectivity index is 2.96. The molecule has 0 aliphatic heterocycles. The number of carbonyl (C=O) groups is 1. The molecule has 0 aliphatic carbocycles. The quantitative estimate of drug-likeness (QED) is 0.779. The Morgan fingerprint density at radius 3 is 2.33 bits per heavy atom. The Bertz CT molecular complexity index is 595. The average molecular weight is 332 g/mol. The Labute approximate surface area is 131 Å². The van der Waals surface area contributed by atoms with Crippen LogP contribution in [0.4, 0.5) is 0 Å². The lowest BCUT2D eigenvalue weighted by atomic mass is 10.0. The normalized spacial score (nSPS) is 11.7. The van der Waals surface area contributed by atoms with Crippen LogP contribution in [-0.4, -0.2) is 20.9 Å². The van der Waals surface area contributed by atoms with Gasteiger partial charge in [-0.1, -0.05) is 39.7 Å². The highest BCUT2D eigenvalue weighted by Gasteiger charge is 2.18. The molecule has 0 aliphatic rings. The zero-order valence-electron chi connectivity index (χ0n) is 12.6. The molecule has 0 fully saturated rings. The molecule has 1 aromatic rings. The summed E-state index contributed by atoms with van der Waals surface area (Å²) in [6.45, 7) is 6.58. The van der Waals surface area contributed by atoms with E-state index in [0.717, 1.165) is 12.8 Å². The van der Waals surface area contributed by atoms with E-state index in [2.05, 4.69) is 19.2 Å². The summed E-state index contributed by atoms with van der Waals surface area (Å²) in [5, 5.41) is 2.84. The second-order valence-electron chi connectivity index (χ2n) is 5.01. The van der Waals surface area contributed by atoms with Crippen molar-refractivity contribution in [3.05, 3.63) is 29.3 Å². The van der Waals surface area contributed by atoms with E-state index in [1.165, 1.54) is 6.07 Å². The molecule has 0 saturated carbocycles. The molecule has 1 rings (SSSR count). The largest absolute Gasteiger partial charge is 0.352 e. The van der Waals surface area contributed by atoms with Crippen molar-refractivity contribution in [1.82, 2.24) is 5.32 Å². The van der Waals surface area contributed by atoms with E-state index >= 15 is 0 Å². The minimum Gasteiger partial charge on any atom is -0.352 e. The van der Waals surface area contributed by atoms with Crippen LogP contribution in [0.15, 0.2) is 23.1 Å². The molecule has 0 bridgehead atoms. The number of hydrogen-bond donors (Lipinski definition) is 1. The summed E-state index contributed by atoms with van der Waals surface area (Å²) in [7, 11) is 1.58. The molecule has 21 heavy (non-hydrogen) atoms. The molecule has 0 aromatic heterocycles. The molecule has 4 nitrogen and oxygen atoms in total. The van der Waals surface area contributed by atoms with Gasteiger partial charge < -0.3 is 5.32 Å². The zero-order chi connectivity index (χ0) is 16.0. The van der Waals surface area contributed by atoms with Crippen molar-refractivity contribution in [2.45, 2.75) is 44.9 Å². The lowest BCUT2D eigenvalue weighted by Crippen LogP contribution is -2.29. The maximum atomic E-state index is 12.1. The summed E-state index contributed by atoms with van der Waals surface area (Å²) in [5.74, 6) is 0.159. The number of halogens is 1. The lowest BCUT2D eigenvalue weighted by Gasteiger charge is -2.14. The van der Waals surface area contributed by atoms with E-state index in [-0.39, 0.29) is 10.8 Å². The molecule has 0 unspecified atom stereocenters. The third-order valence-electron chi connectivity index (χ3n) is 3.68. The minimum absolute atomic E-state index is 0.0156. The Kier molecular flexibility index (Phi) is 6.68. The fourth-order valence-electron chi connectivity index (χ4n) is 2.13. The van der Waals surface area contributed by atoms with Gasteiger partial charge >= 0.3 is 0 Å². The number of hydrogen-bond acceptors (Lipinski definition) is 3. The van der Waals surface area contributed by atoms with Crippen LogP contribution in [0.5, 0.6) is 0 Å². The van der Waals surface area contributed by atoms with Gasteiger partial charge in [0.15, 0.2) is 0 Å². The number of aryl methyl sites for hydroxylation is 1. The van der Waals surface area contributed by atoms with Gasteiger partial charge in [0.25, 0.3) is 15.0 Å². The van der Waals surface area contributed by atoms with Crippen molar-refractivity contribution in [2.75, 3.05) is 6.54 Å². The average Bonchev–Trinajstić information content (AvgIpc) is 2.46. The maximum Gasteiger partial charge on any atom is 0.261 e. The van der Waals surface area contributed by atoms with Gasteiger partial charge in [0.1, 0.15) is 0 Å². The highest BCUT2D eigenvalue weighted by molar-refractivity contribution is 8.13. The number of carbonyl (C=O) groups excluding carboxylic acids is 1. The first-order valence-electron chi connectivity index (χ1n) is 7.19. The van der Waals surface area contributed by atoms with E-state index < -0.39 is 9.05 Å². The van der Waals surface area contributed by atoms with E-state index in [1.807, 2.05) is 6.92 Å². The first-order chi connectivity index (χ1) is 9.83. The fraction of sp³-hybridized carbons (Fsp3) is 0.533. The molecule has 0 radical (unpaired) electrons. The van der Waals surface area contributed by atoms with Gasteiger partial charge in [-0.15, -0.1) is 0 Å². The van der Waals surface area contributed by atoms with Crippen molar-refractivity contribution in [3.63, 3.8) is 0 Å². The van der Waals surface area contributed by atoms with Crippen LogP contribution in [-0.2, 0) is 15.5 Å². The number of amides is 1. The second-order valence-corrected chi connectivity index (χ2v) is 7.54. The smallest absolute Gasteiger partial charge is 0.261 e. The molecule has 0 atom stereocenters. The Morgan fingerprint density at radius 1 is 1.24 bits per heavy atom. The zero-order valence-corrected chi connectivity index (χ0v) is 14.2. The van der Waals surface area contributed by atoms with Crippen molar-refractivity contribution < 1.29 is 13.2 Å². The molecule has 0 heterocycles. The lowest BCUT2D eigenvalue weighted by molar-refractivity contribution is 0.0946. The van der Waals surface area contributed by atoms with Gasteiger partial charge in [0, 0.05) is 22.8 Å². The van der Waals surface area contributed by atoms with Gasteiger partial charge in [-0.05, 0) is 30.0 Å². The van der Waals surface area contributed by atoms with Crippen LogP contribution in [0.1, 0.15) is 49.5 Å².